The lowest BCUT2D eigenvalue weighted by Crippen LogP contribution is -2.06. The molecule has 3 rings (SSSR count). The van der Waals surface area contributed by atoms with E-state index >= 15 is 0 Å². The molecule has 0 aliphatic heterocycles. The molecule has 0 unspecified atom stereocenters. The van der Waals surface area contributed by atoms with Crippen LogP contribution in [0, 0.1) is 13.8 Å². The number of carbonyl (C=O) groups is 1. The summed E-state index contributed by atoms with van der Waals surface area (Å²) in [6, 6.07) is 5.92. The Morgan fingerprint density at radius 2 is 2.05 bits per heavy atom. The Kier molecular flexibility index (Phi) is 3.51. The SMILES string of the molecule is CCOC(=O)c1sc2nc(C)cc(C)c2c1-n1cccc1. The third kappa shape index (κ3) is 2.34. The van der Waals surface area contributed by atoms with Crippen LogP contribution in [-0.4, -0.2) is 22.1 Å². The highest BCUT2D eigenvalue weighted by atomic mass is 32.1. The molecular weight excluding hydrogens is 284 g/mol. The number of ether oxygens (including phenoxy) is 1. The van der Waals surface area contributed by atoms with Crippen LogP contribution in [0.15, 0.2) is 30.6 Å². The summed E-state index contributed by atoms with van der Waals surface area (Å²) in [5.74, 6) is -0.291. The number of carbonyl (C=O) groups excluding carboxylic acids is 1. The molecule has 0 atom stereocenters. The van der Waals surface area contributed by atoms with Gasteiger partial charge in [-0.05, 0) is 44.5 Å². The molecule has 0 spiro atoms. The van der Waals surface area contributed by atoms with Crippen molar-refractivity contribution in [3.8, 4) is 5.69 Å². The third-order valence-electron chi connectivity index (χ3n) is 3.29. The number of aromatic nitrogens is 2. The molecule has 4 nitrogen and oxygen atoms in total. The van der Waals surface area contributed by atoms with E-state index in [0.29, 0.717) is 11.5 Å². The summed E-state index contributed by atoms with van der Waals surface area (Å²) >= 11 is 1.39. The van der Waals surface area contributed by atoms with Crippen LogP contribution in [-0.2, 0) is 4.74 Å². The molecule has 0 saturated carbocycles. The molecule has 5 heteroatoms. The highest BCUT2D eigenvalue weighted by Gasteiger charge is 2.22. The van der Waals surface area contributed by atoms with Gasteiger partial charge in [-0.2, -0.15) is 0 Å². The zero-order valence-corrected chi connectivity index (χ0v) is 13.0. The number of thiophene rings is 1. The lowest BCUT2D eigenvalue weighted by Gasteiger charge is -2.07. The van der Waals surface area contributed by atoms with Gasteiger partial charge >= 0.3 is 5.97 Å². The van der Waals surface area contributed by atoms with Crippen LogP contribution in [0.5, 0.6) is 0 Å². The van der Waals surface area contributed by atoms with Gasteiger partial charge in [-0.15, -0.1) is 11.3 Å². The number of hydrogen-bond donors (Lipinski definition) is 0. The van der Waals surface area contributed by atoms with Crippen LogP contribution in [0.25, 0.3) is 15.9 Å². The van der Waals surface area contributed by atoms with E-state index in [2.05, 4.69) is 4.98 Å². The van der Waals surface area contributed by atoms with Gasteiger partial charge in [-0.3, -0.25) is 0 Å². The molecular formula is C16H16N2O2S. The molecule has 0 aliphatic rings. The fraction of sp³-hybridized carbons (Fsp3) is 0.250. The van der Waals surface area contributed by atoms with Crippen molar-refractivity contribution in [1.29, 1.82) is 0 Å². The molecule has 0 aromatic carbocycles. The van der Waals surface area contributed by atoms with E-state index in [4.69, 9.17) is 4.74 Å². The maximum absolute atomic E-state index is 12.3. The van der Waals surface area contributed by atoms with Crippen LogP contribution < -0.4 is 0 Å². The predicted octanol–water partition coefficient (Wildman–Crippen LogP) is 3.88. The Hall–Kier alpha value is -2.14. The fourth-order valence-corrected chi connectivity index (χ4v) is 3.68. The van der Waals surface area contributed by atoms with Gasteiger partial charge in [0, 0.05) is 23.5 Å². The zero-order valence-electron chi connectivity index (χ0n) is 12.2. The van der Waals surface area contributed by atoms with Gasteiger partial charge in [0.15, 0.2) is 0 Å². The predicted molar refractivity (Wildman–Crippen MR) is 84.4 cm³/mol. The molecule has 3 aromatic rings. The summed E-state index contributed by atoms with van der Waals surface area (Å²) in [7, 11) is 0. The van der Waals surface area contributed by atoms with Crippen molar-refractivity contribution in [1.82, 2.24) is 9.55 Å². The number of pyridine rings is 1. The molecule has 3 aromatic heterocycles. The van der Waals surface area contributed by atoms with E-state index in [9.17, 15) is 4.79 Å². The van der Waals surface area contributed by atoms with Gasteiger partial charge in [0.1, 0.15) is 9.71 Å². The smallest absolute Gasteiger partial charge is 0.350 e. The molecule has 21 heavy (non-hydrogen) atoms. The van der Waals surface area contributed by atoms with Crippen LogP contribution >= 0.6 is 11.3 Å². The highest BCUT2D eigenvalue weighted by molar-refractivity contribution is 7.21. The first-order valence-electron chi connectivity index (χ1n) is 6.83. The third-order valence-corrected chi connectivity index (χ3v) is 4.34. The first kappa shape index (κ1) is 13.8. The van der Waals surface area contributed by atoms with E-state index in [-0.39, 0.29) is 5.97 Å². The minimum absolute atomic E-state index is 0.291. The van der Waals surface area contributed by atoms with Crippen molar-refractivity contribution in [3.63, 3.8) is 0 Å². The lowest BCUT2D eigenvalue weighted by atomic mass is 10.1. The van der Waals surface area contributed by atoms with Crippen molar-refractivity contribution < 1.29 is 9.53 Å². The number of rotatable bonds is 3. The maximum Gasteiger partial charge on any atom is 0.350 e. The molecule has 0 fully saturated rings. The first-order valence-corrected chi connectivity index (χ1v) is 7.64. The lowest BCUT2D eigenvalue weighted by molar-refractivity contribution is 0.0532. The van der Waals surface area contributed by atoms with Crippen molar-refractivity contribution >= 4 is 27.5 Å². The number of nitrogens with zero attached hydrogens (tertiary/aromatic N) is 2. The molecule has 0 aliphatic carbocycles. The standard InChI is InChI=1S/C16H16N2O2S/c1-4-20-16(19)14-13(18-7-5-6-8-18)12-10(2)9-11(3)17-15(12)21-14/h5-9H,4H2,1-3H3. The van der Waals surface area contributed by atoms with E-state index in [1.54, 1.807) is 0 Å². The molecule has 0 saturated heterocycles. The number of fused-ring (bicyclic) bond motifs is 1. The average molecular weight is 300 g/mol. The van der Waals surface area contributed by atoms with Crippen LogP contribution in [0.4, 0.5) is 0 Å². The van der Waals surface area contributed by atoms with E-state index < -0.39 is 0 Å². The first-order chi connectivity index (χ1) is 10.1. The van der Waals surface area contributed by atoms with Gasteiger partial charge in [-0.1, -0.05) is 0 Å². The zero-order chi connectivity index (χ0) is 15.0. The molecule has 108 valence electrons. The molecule has 0 bridgehead atoms. The topological polar surface area (TPSA) is 44.1 Å². The van der Waals surface area contributed by atoms with Crippen LogP contribution in [0.2, 0.25) is 0 Å². The Balaban J connectivity index is 2.34. The molecule has 0 amide bonds. The summed E-state index contributed by atoms with van der Waals surface area (Å²) in [6.07, 6.45) is 3.87. The average Bonchev–Trinajstić information content (AvgIpc) is 3.04. The van der Waals surface area contributed by atoms with Crippen molar-refractivity contribution in [2.45, 2.75) is 20.8 Å². The Bertz CT molecular complexity index is 803. The van der Waals surface area contributed by atoms with Crippen molar-refractivity contribution in [2.75, 3.05) is 6.61 Å². The van der Waals surface area contributed by atoms with Gasteiger partial charge in [0.25, 0.3) is 0 Å². The van der Waals surface area contributed by atoms with Crippen LogP contribution in [0.1, 0.15) is 27.9 Å². The summed E-state index contributed by atoms with van der Waals surface area (Å²) in [4.78, 5) is 18.3. The number of hydrogen-bond acceptors (Lipinski definition) is 4. The minimum atomic E-state index is -0.291. The van der Waals surface area contributed by atoms with Gasteiger partial charge < -0.3 is 9.30 Å². The normalized spacial score (nSPS) is 11.0. The van der Waals surface area contributed by atoms with Crippen LogP contribution in [0.3, 0.4) is 0 Å². The van der Waals surface area contributed by atoms with E-state index in [0.717, 1.165) is 27.2 Å². The number of aryl methyl sites for hydroxylation is 2. The molecule has 3 heterocycles. The van der Waals surface area contributed by atoms with Gasteiger partial charge in [0.2, 0.25) is 0 Å². The molecule has 0 N–H and O–H groups in total. The Morgan fingerprint density at radius 3 is 2.71 bits per heavy atom. The van der Waals surface area contributed by atoms with Gasteiger partial charge in [0.05, 0.1) is 12.3 Å². The Labute approximate surface area is 127 Å². The summed E-state index contributed by atoms with van der Waals surface area (Å²) in [5.41, 5.74) is 2.94. The van der Waals surface area contributed by atoms with Gasteiger partial charge in [-0.25, -0.2) is 9.78 Å². The summed E-state index contributed by atoms with van der Waals surface area (Å²) < 4.78 is 7.15. The second-order valence-electron chi connectivity index (χ2n) is 4.85. The van der Waals surface area contributed by atoms with E-state index in [1.807, 2.05) is 55.9 Å². The van der Waals surface area contributed by atoms with Crippen molar-refractivity contribution in [2.24, 2.45) is 0 Å². The molecule has 0 radical (unpaired) electrons. The Morgan fingerprint density at radius 1 is 1.33 bits per heavy atom. The largest absolute Gasteiger partial charge is 0.462 e. The number of esters is 1. The second kappa shape index (κ2) is 5.33. The minimum Gasteiger partial charge on any atom is -0.462 e. The second-order valence-corrected chi connectivity index (χ2v) is 5.85. The fourth-order valence-electron chi connectivity index (χ4n) is 2.49. The monoisotopic (exact) mass is 300 g/mol. The van der Waals surface area contributed by atoms with E-state index in [1.165, 1.54) is 11.3 Å². The summed E-state index contributed by atoms with van der Waals surface area (Å²) in [5, 5.41) is 1.02. The van der Waals surface area contributed by atoms with Crippen molar-refractivity contribution in [3.05, 3.63) is 46.7 Å². The summed E-state index contributed by atoms with van der Waals surface area (Å²) in [6.45, 7) is 6.19. The quantitative estimate of drug-likeness (QED) is 0.689. The maximum atomic E-state index is 12.3. The highest BCUT2D eigenvalue weighted by Crippen LogP contribution is 2.36.